The lowest BCUT2D eigenvalue weighted by molar-refractivity contribution is -0.151. The lowest BCUT2D eigenvalue weighted by Crippen LogP contribution is -2.45. The van der Waals surface area contributed by atoms with Crippen molar-refractivity contribution in [3.63, 3.8) is 0 Å². The molecule has 7 nitrogen and oxygen atoms in total. The average molecular weight is 363 g/mol. The van der Waals surface area contributed by atoms with E-state index in [0.717, 1.165) is 26.4 Å². The van der Waals surface area contributed by atoms with Crippen molar-refractivity contribution in [1.82, 2.24) is 5.32 Å². The van der Waals surface area contributed by atoms with Crippen LogP contribution in [0.15, 0.2) is 24.3 Å². The van der Waals surface area contributed by atoms with Gasteiger partial charge in [0.15, 0.2) is 6.10 Å². The van der Waals surface area contributed by atoms with Crippen molar-refractivity contribution in [3.8, 4) is 0 Å². The molecule has 1 rings (SSSR count). The molecular weight excluding hydrogens is 347 g/mol. The minimum absolute atomic E-state index is 0.118. The maximum absolute atomic E-state index is 12.5. The molecule has 0 aliphatic carbocycles. The number of rotatable bonds is 6. The van der Waals surface area contributed by atoms with E-state index in [2.05, 4.69) is 14.8 Å². The van der Waals surface area contributed by atoms with Crippen LogP contribution in [0.5, 0.6) is 0 Å². The van der Waals surface area contributed by atoms with Crippen LogP contribution in [0.4, 0.5) is 13.2 Å². The molecule has 0 aliphatic rings. The summed E-state index contributed by atoms with van der Waals surface area (Å²) in [5, 5.41) is 12.0. The molecule has 0 fully saturated rings. The Morgan fingerprint density at radius 2 is 1.68 bits per heavy atom. The fourth-order valence-electron chi connectivity index (χ4n) is 1.84. The predicted molar refractivity (Wildman–Crippen MR) is 77.0 cm³/mol. The van der Waals surface area contributed by atoms with E-state index in [9.17, 15) is 32.7 Å². The Hall–Kier alpha value is -2.62. The minimum Gasteiger partial charge on any atom is -0.469 e. The number of hydrogen-bond donors (Lipinski definition) is 2. The number of ether oxygens (including phenoxy) is 2. The molecule has 0 heterocycles. The van der Waals surface area contributed by atoms with Crippen molar-refractivity contribution in [2.45, 2.75) is 24.7 Å². The third-order valence-corrected chi connectivity index (χ3v) is 3.20. The lowest BCUT2D eigenvalue weighted by Gasteiger charge is -2.18. The van der Waals surface area contributed by atoms with Gasteiger partial charge in [0.25, 0.3) is 5.91 Å². The number of alkyl halides is 3. The Morgan fingerprint density at radius 3 is 2.12 bits per heavy atom. The van der Waals surface area contributed by atoms with Gasteiger partial charge in [0, 0.05) is 0 Å². The molecule has 0 bridgehead atoms. The Labute approximate surface area is 140 Å². The Balaban J connectivity index is 2.86. The van der Waals surface area contributed by atoms with Crippen LogP contribution in [-0.4, -0.2) is 43.2 Å². The highest BCUT2D eigenvalue weighted by atomic mass is 19.4. The van der Waals surface area contributed by atoms with E-state index >= 15 is 0 Å². The van der Waals surface area contributed by atoms with Gasteiger partial charge in [-0.3, -0.25) is 9.59 Å². The molecule has 1 aromatic rings. The summed E-state index contributed by atoms with van der Waals surface area (Å²) < 4.78 is 46.3. The van der Waals surface area contributed by atoms with Crippen LogP contribution in [0.1, 0.15) is 23.7 Å². The quantitative estimate of drug-likeness (QED) is 0.730. The molecule has 10 heteroatoms. The van der Waals surface area contributed by atoms with Crippen LogP contribution < -0.4 is 5.32 Å². The first-order valence-corrected chi connectivity index (χ1v) is 6.90. The molecule has 0 aliphatic heterocycles. The van der Waals surface area contributed by atoms with Crippen LogP contribution in [0.2, 0.25) is 0 Å². The van der Waals surface area contributed by atoms with Gasteiger partial charge in [0.2, 0.25) is 0 Å². The number of methoxy groups -OCH3 is 2. The van der Waals surface area contributed by atoms with Crippen LogP contribution in [-0.2, 0) is 30.0 Å². The molecule has 2 N–H and O–H groups in total. The average Bonchev–Trinajstić information content (AvgIpc) is 2.58. The highest BCUT2D eigenvalue weighted by Crippen LogP contribution is 2.29. The maximum atomic E-state index is 12.5. The van der Waals surface area contributed by atoms with Crippen molar-refractivity contribution in [2.75, 3.05) is 14.2 Å². The molecule has 25 heavy (non-hydrogen) atoms. The number of halogens is 3. The van der Waals surface area contributed by atoms with Gasteiger partial charge in [-0.25, -0.2) is 4.79 Å². The van der Waals surface area contributed by atoms with Crippen molar-refractivity contribution >= 4 is 17.8 Å². The standard InChI is InChI=1S/C15H16F3NO6/c1-24-11(20)7-10(14(23)25-2)19-13(22)12(21)8-3-5-9(6-4-8)15(16,17)18/h3-6,10,12,21H,7H2,1-2H3,(H,19,22)/t10-,12+/m0/s1. The number of amides is 1. The van der Waals surface area contributed by atoms with Gasteiger partial charge in [-0.15, -0.1) is 0 Å². The highest BCUT2D eigenvalue weighted by Gasteiger charge is 2.31. The summed E-state index contributed by atoms with van der Waals surface area (Å²) in [5.74, 6) is -2.84. The molecule has 1 aromatic carbocycles. The number of carbonyl (C=O) groups excluding carboxylic acids is 3. The summed E-state index contributed by atoms with van der Waals surface area (Å²) >= 11 is 0. The molecule has 2 atom stereocenters. The summed E-state index contributed by atoms with van der Waals surface area (Å²) in [6, 6.07) is 1.87. The molecule has 0 saturated heterocycles. The fourth-order valence-corrected chi connectivity index (χ4v) is 1.84. The van der Waals surface area contributed by atoms with E-state index in [1.807, 2.05) is 0 Å². The molecule has 0 saturated carbocycles. The maximum Gasteiger partial charge on any atom is 0.416 e. The number of aliphatic hydroxyl groups excluding tert-OH is 1. The zero-order chi connectivity index (χ0) is 19.2. The van der Waals surface area contributed by atoms with Gasteiger partial charge in [-0.05, 0) is 17.7 Å². The predicted octanol–water partition coefficient (Wildman–Crippen LogP) is 0.960. The molecule has 138 valence electrons. The molecule has 1 amide bonds. The minimum atomic E-state index is -4.55. The van der Waals surface area contributed by atoms with Gasteiger partial charge in [0.05, 0.1) is 26.2 Å². The summed E-state index contributed by atoms with van der Waals surface area (Å²) in [5.41, 5.74) is -1.06. The summed E-state index contributed by atoms with van der Waals surface area (Å²) in [6.07, 6.45) is -6.93. The van der Waals surface area contributed by atoms with Crippen LogP contribution in [0.3, 0.4) is 0 Å². The van der Waals surface area contributed by atoms with Crippen molar-refractivity contribution in [1.29, 1.82) is 0 Å². The number of esters is 2. The zero-order valence-electron chi connectivity index (χ0n) is 13.3. The number of hydrogen-bond acceptors (Lipinski definition) is 6. The van der Waals surface area contributed by atoms with E-state index in [1.54, 1.807) is 0 Å². The van der Waals surface area contributed by atoms with Crippen LogP contribution in [0, 0.1) is 0 Å². The van der Waals surface area contributed by atoms with E-state index in [1.165, 1.54) is 0 Å². The number of aliphatic hydroxyl groups is 1. The smallest absolute Gasteiger partial charge is 0.416 e. The first-order chi connectivity index (χ1) is 11.6. The van der Waals surface area contributed by atoms with Crippen molar-refractivity contribution in [2.24, 2.45) is 0 Å². The Morgan fingerprint density at radius 1 is 1.12 bits per heavy atom. The molecular formula is C15H16F3NO6. The Bertz CT molecular complexity index is 629. The van der Waals surface area contributed by atoms with Crippen molar-refractivity contribution < 1.29 is 42.1 Å². The summed E-state index contributed by atoms with van der Waals surface area (Å²) in [6.45, 7) is 0. The highest BCUT2D eigenvalue weighted by molar-refractivity contribution is 5.90. The normalized spacial score (nSPS) is 13.5. The van der Waals surface area contributed by atoms with Gasteiger partial charge >= 0.3 is 18.1 Å². The van der Waals surface area contributed by atoms with E-state index in [0.29, 0.717) is 12.1 Å². The van der Waals surface area contributed by atoms with Gasteiger partial charge in [0.1, 0.15) is 6.04 Å². The zero-order valence-corrected chi connectivity index (χ0v) is 13.3. The van der Waals surface area contributed by atoms with E-state index < -0.39 is 48.2 Å². The lowest BCUT2D eigenvalue weighted by atomic mass is 10.1. The van der Waals surface area contributed by atoms with Crippen LogP contribution >= 0.6 is 0 Å². The van der Waals surface area contributed by atoms with E-state index in [-0.39, 0.29) is 5.56 Å². The number of nitrogens with one attached hydrogen (secondary N) is 1. The SMILES string of the molecule is COC(=O)C[C@H](NC(=O)[C@H](O)c1ccc(C(F)(F)F)cc1)C(=O)OC. The third-order valence-electron chi connectivity index (χ3n) is 3.20. The molecule has 0 spiro atoms. The molecule has 0 radical (unpaired) electrons. The topological polar surface area (TPSA) is 102 Å². The third kappa shape index (κ3) is 5.75. The van der Waals surface area contributed by atoms with Gasteiger partial charge in [-0.1, -0.05) is 12.1 Å². The number of benzene rings is 1. The van der Waals surface area contributed by atoms with Gasteiger partial charge in [-0.2, -0.15) is 13.2 Å². The first kappa shape index (κ1) is 20.4. The second-order valence-corrected chi connectivity index (χ2v) is 4.89. The van der Waals surface area contributed by atoms with Crippen molar-refractivity contribution in [3.05, 3.63) is 35.4 Å². The summed E-state index contributed by atoms with van der Waals surface area (Å²) in [7, 11) is 2.11. The second kappa shape index (κ2) is 8.47. The molecule has 0 unspecified atom stereocenters. The Kier molecular flexibility index (Phi) is 6.92. The van der Waals surface area contributed by atoms with Crippen LogP contribution in [0.25, 0.3) is 0 Å². The molecule has 0 aromatic heterocycles. The number of carbonyl (C=O) groups is 3. The van der Waals surface area contributed by atoms with E-state index in [4.69, 9.17) is 0 Å². The first-order valence-electron chi connectivity index (χ1n) is 6.90. The second-order valence-electron chi connectivity index (χ2n) is 4.89. The fraction of sp³-hybridized carbons (Fsp3) is 0.400. The largest absolute Gasteiger partial charge is 0.469 e. The monoisotopic (exact) mass is 363 g/mol. The van der Waals surface area contributed by atoms with Gasteiger partial charge < -0.3 is 19.9 Å². The summed E-state index contributed by atoms with van der Waals surface area (Å²) in [4.78, 5) is 34.8.